The molecular formula is C33H35FN2O3. The van der Waals surface area contributed by atoms with Crippen LogP contribution < -0.4 is 20.1 Å². The molecule has 4 aromatic rings. The molecule has 202 valence electrons. The number of nitrogens with one attached hydrogen (secondary N) is 2. The summed E-state index contributed by atoms with van der Waals surface area (Å²) in [5, 5.41) is 6.11. The Morgan fingerprint density at radius 3 is 2.41 bits per heavy atom. The summed E-state index contributed by atoms with van der Waals surface area (Å²) in [6.45, 7) is 7.84. The minimum absolute atomic E-state index is 0.0542. The number of rotatable bonds is 12. The van der Waals surface area contributed by atoms with E-state index in [2.05, 4.69) is 47.9 Å². The number of halogens is 1. The molecule has 4 aromatic carbocycles. The smallest absolute Gasteiger partial charge is 0.216 e. The van der Waals surface area contributed by atoms with E-state index in [1.165, 1.54) is 29.7 Å². The lowest BCUT2D eigenvalue weighted by atomic mass is 9.97. The van der Waals surface area contributed by atoms with Gasteiger partial charge in [-0.25, -0.2) is 4.39 Å². The summed E-state index contributed by atoms with van der Waals surface area (Å²) >= 11 is 0. The minimum atomic E-state index is -0.232. The summed E-state index contributed by atoms with van der Waals surface area (Å²) in [5.74, 6) is 1.11. The highest BCUT2D eigenvalue weighted by molar-refractivity contribution is 5.72. The van der Waals surface area contributed by atoms with Crippen LogP contribution in [0.2, 0.25) is 0 Å². The van der Waals surface area contributed by atoms with E-state index in [1.807, 2.05) is 36.4 Å². The Kier molecular flexibility index (Phi) is 9.70. The third kappa shape index (κ3) is 7.91. The SMILES string of the molecule is CC(=O)NCCNCc1ccc(OCc2cccc(-c3ccccc3)c2C)cc1OCc1ccc(F)c(C)c1. The number of benzene rings is 4. The second-order valence-corrected chi connectivity index (χ2v) is 9.55. The summed E-state index contributed by atoms with van der Waals surface area (Å²) in [6.07, 6.45) is 0. The van der Waals surface area contributed by atoms with Crippen LogP contribution in [0.4, 0.5) is 4.39 Å². The quantitative estimate of drug-likeness (QED) is 0.207. The molecule has 0 saturated heterocycles. The molecule has 0 saturated carbocycles. The van der Waals surface area contributed by atoms with Crippen LogP contribution >= 0.6 is 0 Å². The van der Waals surface area contributed by atoms with E-state index in [9.17, 15) is 9.18 Å². The number of aryl methyl sites for hydroxylation is 1. The average molecular weight is 527 g/mol. The predicted molar refractivity (Wildman–Crippen MR) is 153 cm³/mol. The second kappa shape index (κ2) is 13.6. The molecule has 2 N–H and O–H groups in total. The van der Waals surface area contributed by atoms with Gasteiger partial charge in [-0.15, -0.1) is 0 Å². The molecule has 5 nitrogen and oxygen atoms in total. The zero-order valence-electron chi connectivity index (χ0n) is 22.7. The second-order valence-electron chi connectivity index (χ2n) is 9.55. The number of carbonyl (C=O) groups is 1. The van der Waals surface area contributed by atoms with E-state index in [4.69, 9.17) is 9.47 Å². The van der Waals surface area contributed by atoms with Gasteiger partial charge in [0.2, 0.25) is 5.91 Å². The Labute approximate surface area is 230 Å². The van der Waals surface area contributed by atoms with Gasteiger partial charge in [-0.2, -0.15) is 0 Å². The van der Waals surface area contributed by atoms with Crippen molar-refractivity contribution in [1.82, 2.24) is 10.6 Å². The molecule has 39 heavy (non-hydrogen) atoms. The van der Waals surface area contributed by atoms with Gasteiger partial charge < -0.3 is 20.1 Å². The van der Waals surface area contributed by atoms with E-state index >= 15 is 0 Å². The zero-order chi connectivity index (χ0) is 27.6. The van der Waals surface area contributed by atoms with Crippen molar-refractivity contribution in [2.24, 2.45) is 0 Å². The van der Waals surface area contributed by atoms with Crippen molar-refractivity contribution in [2.45, 2.75) is 40.5 Å². The molecular weight excluding hydrogens is 491 g/mol. The summed E-state index contributed by atoms with van der Waals surface area (Å²) in [6, 6.07) is 27.4. The van der Waals surface area contributed by atoms with E-state index in [0.29, 0.717) is 49.9 Å². The summed E-state index contributed by atoms with van der Waals surface area (Å²) in [4.78, 5) is 11.1. The number of amides is 1. The molecule has 0 unspecified atom stereocenters. The first-order chi connectivity index (χ1) is 18.9. The molecule has 0 spiro atoms. The van der Waals surface area contributed by atoms with Gasteiger partial charge in [0, 0.05) is 38.2 Å². The first-order valence-corrected chi connectivity index (χ1v) is 13.1. The number of ether oxygens (including phenoxy) is 2. The molecule has 0 atom stereocenters. The van der Waals surface area contributed by atoms with Crippen LogP contribution in [0.15, 0.2) is 84.9 Å². The molecule has 0 aliphatic rings. The first-order valence-electron chi connectivity index (χ1n) is 13.1. The van der Waals surface area contributed by atoms with Crippen LogP contribution in [-0.2, 0) is 24.6 Å². The third-order valence-corrected chi connectivity index (χ3v) is 6.57. The summed E-state index contributed by atoms with van der Waals surface area (Å²) < 4.78 is 26.1. The van der Waals surface area contributed by atoms with Gasteiger partial charge in [0.1, 0.15) is 30.5 Å². The minimum Gasteiger partial charge on any atom is -0.489 e. The third-order valence-electron chi connectivity index (χ3n) is 6.57. The fourth-order valence-electron chi connectivity index (χ4n) is 4.34. The van der Waals surface area contributed by atoms with Crippen LogP contribution in [0, 0.1) is 19.7 Å². The molecule has 0 aliphatic heterocycles. The molecule has 0 radical (unpaired) electrons. The summed E-state index contributed by atoms with van der Waals surface area (Å²) in [5.41, 5.74) is 7.11. The normalized spacial score (nSPS) is 10.8. The van der Waals surface area contributed by atoms with Gasteiger partial charge in [-0.3, -0.25) is 4.79 Å². The molecule has 0 fully saturated rings. The Morgan fingerprint density at radius 2 is 1.64 bits per heavy atom. The molecule has 6 heteroatoms. The number of hydrogen-bond acceptors (Lipinski definition) is 4. The lowest BCUT2D eigenvalue weighted by Crippen LogP contribution is -2.30. The zero-order valence-corrected chi connectivity index (χ0v) is 22.7. The molecule has 0 bridgehead atoms. The molecule has 0 heterocycles. The van der Waals surface area contributed by atoms with Gasteiger partial charge in [0.05, 0.1) is 0 Å². The Bertz CT molecular complexity index is 1410. The topological polar surface area (TPSA) is 59.6 Å². The lowest BCUT2D eigenvalue weighted by Gasteiger charge is -2.16. The highest BCUT2D eigenvalue weighted by atomic mass is 19.1. The predicted octanol–water partition coefficient (Wildman–Crippen LogP) is 6.49. The maximum Gasteiger partial charge on any atom is 0.216 e. The van der Waals surface area contributed by atoms with Crippen molar-refractivity contribution in [3.8, 4) is 22.6 Å². The van der Waals surface area contributed by atoms with Crippen molar-refractivity contribution in [2.75, 3.05) is 13.1 Å². The van der Waals surface area contributed by atoms with Gasteiger partial charge in [0.25, 0.3) is 0 Å². The van der Waals surface area contributed by atoms with Gasteiger partial charge in [-0.05, 0) is 65.4 Å². The van der Waals surface area contributed by atoms with Crippen molar-refractivity contribution in [1.29, 1.82) is 0 Å². The molecule has 0 aromatic heterocycles. The van der Waals surface area contributed by atoms with Crippen LogP contribution in [0.25, 0.3) is 11.1 Å². The lowest BCUT2D eigenvalue weighted by molar-refractivity contribution is -0.118. The van der Waals surface area contributed by atoms with Crippen LogP contribution in [0.1, 0.15) is 34.7 Å². The molecule has 0 aliphatic carbocycles. The van der Waals surface area contributed by atoms with Gasteiger partial charge in [-0.1, -0.05) is 60.7 Å². The van der Waals surface area contributed by atoms with Crippen LogP contribution in [-0.4, -0.2) is 19.0 Å². The van der Waals surface area contributed by atoms with E-state index < -0.39 is 0 Å². The highest BCUT2D eigenvalue weighted by Crippen LogP contribution is 2.29. The van der Waals surface area contributed by atoms with E-state index in [1.54, 1.807) is 19.1 Å². The van der Waals surface area contributed by atoms with Crippen LogP contribution in [0.3, 0.4) is 0 Å². The van der Waals surface area contributed by atoms with Crippen LogP contribution in [0.5, 0.6) is 11.5 Å². The Morgan fingerprint density at radius 1 is 0.821 bits per heavy atom. The van der Waals surface area contributed by atoms with E-state index in [0.717, 1.165) is 16.7 Å². The highest BCUT2D eigenvalue weighted by Gasteiger charge is 2.10. The van der Waals surface area contributed by atoms with Crippen molar-refractivity contribution < 1.29 is 18.7 Å². The van der Waals surface area contributed by atoms with Gasteiger partial charge in [0.15, 0.2) is 0 Å². The van der Waals surface area contributed by atoms with Crippen molar-refractivity contribution >= 4 is 5.91 Å². The maximum atomic E-state index is 13.7. The maximum absolute atomic E-state index is 13.7. The van der Waals surface area contributed by atoms with E-state index in [-0.39, 0.29) is 11.7 Å². The monoisotopic (exact) mass is 526 g/mol. The molecule has 4 rings (SSSR count). The van der Waals surface area contributed by atoms with Crippen molar-refractivity contribution in [3.63, 3.8) is 0 Å². The van der Waals surface area contributed by atoms with Gasteiger partial charge >= 0.3 is 0 Å². The largest absolute Gasteiger partial charge is 0.489 e. The fourth-order valence-corrected chi connectivity index (χ4v) is 4.34. The standard InChI is InChI=1S/C33H35FN2O3/c1-23-18-26(12-15-32(23)34)21-39-33-19-30(14-13-28(33)20-35-16-17-36-25(3)37)38-22-29-10-7-11-31(24(29)2)27-8-5-4-6-9-27/h4-15,18-19,35H,16-17,20-22H2,1-3H3,(H,36,37). The first kappa shape index (κ1) is 27.9. The average Bonchev–Trinajstić information content (AvgIpc) is 2.94. The van der Waals surface area contributed by atoms with Crippen molar-refractivity contribution in [3.05, 3.63) is 119 Å². The number of carbonyl (C=O) groups excluding carboxylic acids is 1. The Hall–Kier alpha value is -4.16. The Balaban J connectivity index is 1.48. The molecule has 1 amide bonds. The summed E-state index contributed by atoms with van der Waals surface area (Å²) in [7, 11) is 0. The number of hydrogen-bond donors (Lipinski definition) is 2. The fraction of sp³-hybridized carbons (Fsp3) is 0.242.